The maximum absolute atomic E-state index is 13.0. The first-order valence-electron chi connectivity index (χ1n) is 6.39. The molecule has 130 valence electrons. The number of hydrogen-bond acceptors (Lipinski definition) is 3. The lowest BCUT2D eigenvalue weighted by Gasteiger charge is -2.14. The second-order valence-electron chi connectivity index (χ2n) is 4.84. The zero-order valence-corrected chi connectivity index (χ0v) is 13.2. The minimum absolute atomic E-state index is 0. The van der Waals surface area contributed by atoms with Gasteiger partial charge in [-0.3, -0.25) is 10.1 Å². The molecule has 1 aromatic rings. The molecule has 0 aliphatic carbocycles. The van der Waals surface area contributed by atoms with Crippen molar-refractivity contribution in [3.8, 4) is 5.75 Å². The van der Waals surface area contributed by atoms with Gasteiger partial charge in [-0.1, -0.05) is 11.6 Å². The smallest absolute Gasteiger partial charge is 0.387 e. The van der Waals surface area contributed by atoms with Crippen molar-refractivity contribution in [2.75, 3.05) is 6.54 Å². The first-order chi connectivity index (χ1) is 10.3. The van der Waals surface area contributed by atoms with Crippen molar-refractivity contribution >= 4 is 29.9 Å². The van der Waals surface area contributed by atoms with Gasteiger partial charge in [0.1, 0.15) is 5.75 Å². The van der Waals surface area contributed by atoms with E-state index in [1.165, 1.54) is 18.2 Å². The van der Waals surface area contributed by atoms with Crippen LogP contribution in [0.2, 0.25) is 5.02 Å². The zero-order chi connectivity index (χ0) is 16.3. The molecule has 1 saturated heterocycles. The molecule has 1 unspecified atom stereocenters. The van der Waals surface area contributed by atoms with E-state index in [1.807, 2.05) is 0 Å². The van der Waals surface area contributed by atoms with Crippen molar-refractivity contribution in [3.05, 3.63) is 28.8 Å². The summed E-state index contributed by atoms with van der Waals surface area (Å²) < 4.78 is 54.9. The number of nitrogens with one attached hydrogen (secondary N) is 2. The fourth-order valence-electron chi connectivity index (χ4n) is 2.10. The molecular formula is C13H14Cl2F4N2O2. The lowest BCUT2D eigenvalue weighted by atomic mass is 10.1. The molecule has 1 aromatic carbocycles. The summed E-state index contributed by atoms with van der Waals surface area (Å²) >= 11 is 5.77. The van der Waals surface area contributed by atoms with Crippen LogP contribution in [0.15, 0.2) is 18.2 Å². The number of carbonyl (C=O) groups excluding carboxylic acids is 1. The summed E-state index contributed by atoms with van der Waals surface area (Å²) in [6.45, 7) is -3.75. The van der Waals surface area contributed by atoms with Crippen LogP contribution < -0.4 is 15.4 Å². The third kappa shape index (κ3) is 5.71. The highest BCUT2D eigenvalue weighted by molar-refractivity contribution is 6.30. The van der Waals surface area contributed by atoms with Crippen molar-refractivity contribution in [2.24, 2.45) is 0 Å². The Hall–Kier alpha value is -1.25. The van der Waals surface area contributed by atoms with Crippen LogP contribution in [0.1, 0.15) is 12.0 Å². The van der Waals surface area contributed by atoms with E-state index in [2.05, 4.69) is 15.4 Å². The SMILES string of the molecule is Cl.O=C(NCc1cc(Cl)ccc1OC(F)F)C1CC(F)(F)CN1. The Labute approximate surface area is 140 Å². The van der Waals surface area contributed by atoms with Gasteiger partial charge in [0.25, 0.3) is 5.92 Å². The number of alkyl halides is 4. The van der Waals surface area contributed by atoms with E-state index >= 15 is 0 Å². The molecule has 0 saturated carbocycles. The molecular weight excluding hydrogens is 363 g/mol. The summed E-state index contributed by atoms with van der Waals surface area (Å²) in [5, 5.41) is 5.08. The number of hydrogen-bond donors (Lipinski definition) is 2. The summed E-state index contributed by atoms with van der Waals surface area (Å²) in [6.07, 6.45) is -0.602. The molecule has 10 heteroatoms. The minimum Gasteiger partial charge on any atom is -0.434 e. The molecule has 4 nitrogen and oxygen atoms in total. The van der Waals surface area contributed by atoms with E-state index in [-0.39, 0.29) is 35.3 Å². The van der Waals surface area contributed by atoms with Gasteiger partial charge < -0.3 is 10.1 Å². The molecule has 2 N–H and O–H groups in total. The molecule has 1 aliphatic rings. The highest BCUT2D eigenvalue weighted by Gasteiger charge is 2.42. The van der Waals surface area contributed by atoms with Crippen LogP contribution in [-0.4, -0.2) is 31.0 Å². The predicted octanol–water partition coefficient (Wildman–Crippen LogP) is 2.98. The summed E-state index contributed by atoms with van der Waals surface area (Å²) in [7, 11) is 0. The molecule has 0 spiro atoms. The van der Waals surface area contributed by atoms with E-state index in [9.17, 15) is 22.4 Å². The van der Waals surface area contributed by atoms with Crippen LogP contribution in [0.25, 0.3) is 0 Å². The van der Waals surface area contributed by atoms with Gasteiger partial charge in [-0.25, -0.2) is 8.78 Å². The Bertz CT molecular complexity index is 561. The molecule has 1 heterocycles. The van der Waals surface area contributed by atoms with Crippen molar-refractivity contribution in [2.45, 2.75) is 31.5 Å². The summed E-state index contributed by atoms with van der Waals surface area (Å²) in [4.78, 5) is 11.8. The number of rotatable bonds is 5. The van der Waals surface area contributed by atoms with Crippen LogP contribution in [0.3, 0.4) is 0 Å². The van der Waals surface area contributed by atoms with Crippen LogP contribution in [0.4, 0.5) is 17.6 Å². The number of amides is 1. The average Bonchev–Trinajstić information content (AvgIpc) is 2.78. The standard InChI is InChI=1S/C13H13ClF4N2O2.ClH/c14-8-1-2-10(22-12(15)16)7(3-8)5-19-11(21)9-4-13(17,18)6-20-9;/h1-3,9,12,20H,4-6H2,(H,19,21);1H. The van der Waals surface area contributed by atoms with Crippen LogP contribution >= 0.6 is 24.0 Å². The van der Waals surface area contributed by atoms with Crippen LogP contribution in [0, 0.1) is 0 Å². The topological polar surface area (TPSA) is 50.4 Å². The van der Waals surface area contributed by atoms with Gasteiger partial charge in [-0.15, -0.1) is 12.4 Å². The number of ether oxygens (including phenoxy) is 1. The quantitative estimate of drug-likeness (QED) is 0.776. The van der Waals surface area contributed by atoms with Gasteiger partial charge in [0, 0.05) is 23.6 Å². The molecule has 0 radical (unpaired) electrons. The monoisotopic (exact) mass is 376 g/mol. The van der Waals surface area contributed by atoms with Gasteiger partial charge in [-0.05, 0) is 18.2 Å². The van der Waals surface area contributed by atoms with Gasteiger partial charge in [-0.2, -0.15) is 8.78 Å². The highest BCUT2D eigenvalue weighted by Crippen LogP contribution is 2.26. The Balaban J connectivity index is 0.00000264. The van der Waals surface area contributed by atoms with E-state index in [0.717, 1.165) is 0 Å². The normalized spacial score (nSPS) is 19.3. The van der Waals surface area contributed by atoms with Crippen molar-refractivity contribution in [3.63, 3.8) is 0 Å². The highest BCUT2D eigenvalue weighted by atomic mass is 35.5. The molecule has 23 heavy (non-hydrogen) atoms. The molecule has 1 amide bonds. The second-order valence-corrected chi connectivity index (χ2v) is 5.28. The van der Waals surface area contributed by atoms with E-state index in [1.54, 1.807) is 0 Å². The zero-order valence-electron chi connectivity index (χ0n) is 11.6. The van der Waals surface area contributed by atoms with E-state index in [4.69, 9.17) is 11.6 Å². The number of halogens is 6. The Kier molecular flexibility index (Phi) is 6.91. The van der Waals surface area contributed by atoms with Gasteiger partial charge in [0.15, 0.2) is 0 Å². The fourth-order valence-corrected chi connectivity index (χ4v) is 2.30. The van der Waals surface area contributed by atoms with Crippen LogP contribution in [-0.2, 0) is 11.3 Å². The minimum atomic E-state index is -3.02. The first kappa shape index (κ1) is 19.8. The van der Waals surface area contributed by atoms with Gasteiger partial charge >= 0.3 is 6.61 Å². The van der Waals surface area contributed by atoms with Gasteiger partial charge in [0.05, 0.1) is 12.6 Å². The number of benzene rings is 1. The molecule has 1 atom stereocenters. The first-order valence-corrected chi connectivity index (χ1v) is 6.77. The van der Waals surface area contributed by atoms with Crippen molar-refractivity contribution in [1.82, 2.24) is 10.6 Å². The second kappa shape index (κ2) is 8.03. The maximum Gasteiger partial charge on any atom is 0.387 e. The van der Waals surface area contributed by atoms with Crippen LogP contribution in [0.5, 0.6) is 5.75 Å². The molecule has 1 fully saturated rings. The lowest BCUT2D eigenvalue weighted by molar-refractivity contribution is -0.123. The maximum atomic E-state index is 13.0. The van der Waals surface area contributed by atoms with E-state index < -0.39 is 37.4 Å². The van der Waals surface area contributed by atoms with Crippen molar-refractivity contribution < 1.29 is 27.1 Å². The van der Waals surface area contributed by atoms with Crippen molar-refractivity contribution in [1.29, 1.82) is 0 Å². The largest absolute Gasteiger partial charge is 0.434 e. The Morgan fingerprint density at radius 1 is 1.48 bits per heavy atom. The Morgan fingerprint density at radius 2 is 2.17 bits per heavy atom. The molecule has 0 bridgehead atoms. The lowest BCUT2D eigenvalue weighted by Crippen LogP contribution is -2.40. The summed E-state index contributed by atoms with van der Waals surface area (Å²) in [5.41, 5.74) is 0.228. The fraction of sp³-hybridized carbons (Fsp3) is 0.462. The third-order valence-corrected chi connectivity index (χ3v) is 3.35. The number of carbonyl (C=O) groups is 1. The third-order valence-electron chi connectivity index (χ3n) is 3.12. The Morgan fingerprint density at radius 3 is 2.74 bits per heavy atom. The predicted molar refractivity (Wildman–Crippen MR) is 78.5 cm³/mol. The summed E-state index contributed by atoms with van der Waals surface area (Å²) in [6, 6.07) is 2.95. The summed E-state index contributed by atoms with van der Waals surface area (Å²) in [5.74, 6) is -3.70. The molecule has 1 aliphatic heterocycles. The molecule has 2 rings (SSSR count). The average molecular weight is 377 g/mol. The molecule has 0 aromatic heterocycles. The van der Waals surface area contributed by atoms with Gasteiger partial charge in [0.2, 0.25) is 5.91 Å². The van der Waals surface area contributed by atoms with E-state index in [0.29, 0.717) is 0 Å².